The van der Waals surface area contributed by atoms with E-state index in [2.05, 4.69) is 30.7 Å². The molecule has 2 aromatic carbocycles. The summed E-state index contributed by atoms with van der Waals surface area (Å²) in [6.45, 7) is 4.30. The van der Waals surface area contributed by atoms with Crippen LogP contribution in [0.5, 0.6) is 0 Å². The second-order valence-electron chi connectivity index (χ2n) is 5.87. The quantitative estimate of drug-likeness (QED) is 0.345. The summed E-state index contributed by atoms with van der Waals surface area (Å²) in [7, 11) is 0. The van der Waals surface area contributed by atoms with Crippen molar-refractivity contribution in [1.82, 2.24) is 0 Å². The molecule has 0 bridgehead atoms. The van der Waals surface area contributed by atoms with Crippen molar-refractivity contribution >= 4 is 48.6 Å². The van der Waals surface area contributed by atoms with Crippen molar-refractivity contribution in [3.63, 3.8) is 0 Å². The van der Waals surface area contributed by atoms with Crippen LogP contribution in [0.2, 0.25) is 0 Å². The molecule has 106 valence electrons. The normalized spacial score (nSPS) is 13.1. The van der Waals surface area contributed by atoms with Crippen LogP contribution in [-0.2, 0) is 0 Å². The Labute approximate surface area is 135 Å². The van der Waals surface area contributed by atoms with E-state index in [0.29, 0.717) is 0 Å². The van der Waals surface area contributed by atoms with Gasteiger partial charge in [0.1, 0.15) is 0 Å². The minimum Gasteiger partial charge on any atom is -0.289 e. The molecule has 4 aromatic rings. The van der Waals surface area contributed by atoms with Crippen LogP contribution in [0.25, 0.3) is 31.3 Å². The van der Waals surface area contributed by atoms with Crippen LogP contribution in [0.1, 0.15) is 27.0 Å². The molecule has 1 aliphatic rings. The van der Waals surface area contributed by atoms with Gasteiger partial charge in [-0.1, -0.05) is 24.3 Å². The van der Waals surface area contributed by atoms with E-state index in [1.165, 1.54) is 26.6 Å². The van der Waals surface area contributed by atoms with Crippen molar-refractivity contribution < 1.29 is 4.79 Å². The highest BCUT2D eigenvalue weighted by molar-refractivity contribution is 7.21. The molecule has 1 nitrogen and oxygen atoms in total. The average Bonchev–Trinajstić information content (AvgIpc) is 3.16. The Kier molecular flexibility index (Phi) is 2.32. The van der Waals surface area contributed by atoms with Gasteiger partial charge in [0.05, 0.1) is 0 Å². The van der Waals surface area contributed by atoms with E-state index in [-0.39, 0.29) is 5.78 Å². The minimum atomic E-state index is 0.185. The van der Waals surface area contributed by atoms with Gasteiger partial charge in [-0.05, 0) is 41.3 Å². The Morgan fingerprint density at radius 3 is 2.18 bits per heavy atom. The minimum absolute atomic E-state index is 0.185. The largest absolute Gasteiger partial charge is 0.289 e. The third kappa shape index (κ3) is 1.32. The Morgan fingerprint density at radius 2 is 1.41 bits per heavy atom. The van der Waals surface area contributed by atoms with E-state index in [1.807, 2.05) is 18.2 Å². The molecule has 0 atom stereocenters. The number of rotatable bonds is 0. The van der Waals surface area contributed by atoms with Gasteiger partial charge in [0.25, 0.3) is 0 Å². The number of carbonyl (C=O) groups excluding carboxylic acids is 1. The second kappa shape index (κ2) is 4.06. The molecule has 0 radical (unpaired) electrons. The molecule has 1 aliphatic carbocycles. The molecule has 0 unspecified atom stereocenters. The van der Waals surface area contributed by atoms with Gasteiger partial charge in [0, 0.05) is 36.9 Å². The molecule has 0 saturated carbocycles. The number of carbonyl (C=O) groups is 1. The first kappa shape index (κ1) is 12.6. The molecule has 0 fully saturated rings. The Hall–Kier alpha value is -1.97. The number of ketones is 1. The van der Waals surface area contributed by atoms with E-state index in [4.69, 9.17) is 0 Å². The van der Waals surface area contributed by atoms with Crippen LogP contribution in [0, 0.1) is 13.8 Å². The number of hydrogen-bond acceptors (Lipinski definition) is 3. The molecule has 2 aromatic heterocycles. The summed E-state index contributed by atoms with van der Waals surface area (Å²) in [6, 6.07) is 8.02. The fourth-order valence-corrected chi connectivity index (χ4v) is 5.95. The molecule has 3 heteroatoms. The van der Waals surface area contributed by atoms with Gasteiger partial charge >= 0.3 is 0 Å². The first-order chi connectivity index (χ1) is 10.7. The third-order valence-electron chi connectivity index (χ3n) is 4.57. The van der Waals surface area contributed by atoms with Crippen LogP contribution >= 0.6 is 22.7 Å². The van der Waals surface area contributed by atoms with E-state index < -0.39 is 0 Å². The average molecular weight is 320 g/mol. The zero-order valence-corrected chi connectivity index (χ0v) is 13.8. The summed E-state index contributed by atoms with van der Waals surface area (Å²) >= 11 is 3.50. The Balaban J connectivity index is 2.15. The van der Waals surface area contributed by atoms with Crippen LogP contribution in [0.15, 0.2) is 35.0 Å². The number of benzene rings is 2. The summed E-state index contributed by atoms with van der Waals surface area (Å²) in [4.78, 5) is 13.0. The Morgan fingerprint density at radius 1 is 0.773 bits per heavy atom. The lowest BCUT2D eigenvalue weighted by Crippen LogP contribution is -1.95. The number of fused-ring (bicyclic) bond motifs is 8. The predicted octanol–water partition coefficient (Wildman–Crippen LogP) is 5.94. The SMILES string of the molecule is Cc1csc2c1c1c(c3scc(C)c32)C(=O)c2ccccc2-1. The van der Waals surface area contributed by atoms with E-state index >= 15 is 0 Å². The summed E-state index contributed by atoms with van der Waals surface area (Å²) in [6.07, 6.45) is 0. The van der Waals surface area contributed by atoms with Gasteiger partial charge in [-0.15, -0.1) is 22.7 Å². The fourth-order valence-electron chi connectivity index (χ4n) is 3.61. The molecule has 0 N–H and O–H groups in total. The van der Waals surface area contributed by atoms with Crippen molar-refractivity contribution in [2.24, 2.45) is 0 Å². The molecular formula is C19H12OS2. The van der Waals surface area contributed by atoms with Gasteiger partial charge in [0.15, 0.2) is 5.78 Å². The monoisotopic (exact) mass is 320 g/mol. The zero-order chi connectivity index (χ0) is 15.0. The van der Waals surface area contributed by atoms with Crippen LogP contribution < -0.4 is 0 Å². The standard InChI is InChI=1S/C19H12OS2/c1-9-7-21-18-13(9)15-11-5-3-4-6-12(11)17(20)16(15)19-14(18)10(2)8-22-19/h3-8H,1-2H3. The summed E-state index contributed by atoms with van der Waals surface area (Å²) < 4.78 is 2.48. The lowest BCUT2D eigenvalue weighted by Gasteiger charge is -2.07. The number of aryl methyl sites for hydroxylation is 2. The van der Waals surface area contributed by atoms with Gasteiger partial charge in [-0.25, -0.2) is 0 Å². The third-order valence-corrected chi connectivity index (χ3v) is 6.80. The maximum atomic E-state index is 13.0. The van der Waals surface area contributed by atoms with Crippen LogP contribution in [-0.4, -0.2) is 5.78 Å². The topological polar surface area (TPSA) is 17.1 Å². The molecule has 0 saturated heterocycles. The molecular weight excluding hydrogens is 308 g/mol. The maximum absolute atomic E-state index is 13.0. The lowest BCUT2D eigenvalue weighted by molar-refractivity contribution is 0.104. The first-order valence-corrected chi connectivity index (χ1v) is 9.00. The molecule has 0 aliphatic heterocycles. The van der Waals surface area contributed by atoms with Gasteiger partial charge in [-0.2, -0.15) is 0 Å². The smallest absolute Gasteiger partial charge is 0.195 e. The maximum Gasteiger partial charge on any atom is 0.195 e. The molecule has 0 amide bonds. The van der Waals surface area contributed by atoms with Gasteiger partial charge in [-0.3, -0.25) is 4.79 Å². The first-order valence-electron chi connectivity index (χ1n) is 7.24. The van der Waals surface area contributed by atoms with E-state index in [9.17, 15) is 4.79 Å². The lowest BCUT2D eigenvalue weighted by atomic mass is 9.97. The predicted molar refractivity (Wildman–Crippen MR) is 95.6 cm³/mol. The number of hydrogen-bond donors (Lipinski definition) is 0. The van der Waals surface area contributed by atoms with Gasteiger partial charge in [0.2, 0.25) is 0 Å². The fraction of sp³-hybridized carbons (Fsp3) is 0.105. The van der Waals surface area contributed by atoms with Crippen molar-refractivity contribution in [3.8, 4) is 11.1 Å². The zero-order valence-electron chi connectivity index (χ0n) is 12.2. The van der Waals surface area contributed by atoms with E-state index in [1.54, 1.807) is 22.7 Å². The van der Waals surface area contributed by atoms with Crippen molar-refractivity contribution in [1.29, 1.82) is 0 Å². The van der Waals surface area contributed by atoms with Gasteiger partial charge < -0.3 is 0 Å². The van der Waals surface area contributed by atoms with Crippen molar-refractivity contribution in [2.75, 3.05) is 0 Å². The molecule has 0 spiro atoms. The Bertz CT molecular complexity index is 1110. The molecule has 5 rings (SSSR count). The number of thiophene rings is 2. The van der Waals surface area contributed by atoms with Crippen LogP contribution in [0.4, 0.5) is 0 Å². The molecule has 22 heavy (non-hydrogen) atoms. The van der Waals surface area contributed by atoms with Crippen molar-refractivity contribution in [3.05, 3.63) is 57.3 Å². The highest BCUT2D eigenvalue weighted by atomic mass is 32.1. The second-order valence-corrected chi connectivity index (χ2v) is 7.63. The molecule has 2 heterocycles. The van der Waals surface area contributed by atoms with E-state index in [0.717, 1.165) is 27.0 Å². The summed E-state index contributed by atoms with van der Waals surface area (Å²) in [5.74, 6) is 0.185. The van der Waals surface area contributed by atoms with Crippen LogP contribution in [0.3, 0.4) is 0 Å². The summed E-state index contributed by atoms with van der Waals surface area (Å²) in [5.41, 5.74) is 6.57. The van der Waals surface area contributed by atoms with Crippen molar-refractivity contribution in [2.45, 2.75) is 13.8 Å². The highest BCUT2D eigenvalue weighted by Crippen LogP contribution is 2.50. The summed E-state index contributed by atoms with van der Waals surface area (Å²) in [5, 5.41) is 6.94. The highest BCUT2D eigenvalue weighted by Gasteiger charge is 2.32.